The SMILES string of the molecule is Cc1ccc(OCCn2c(C)c(C=Nn3cnnc3)c3ccccc32)c(C)c1. The summed E-state index contributed by atoms with van der Waals surface area (Å²) in [5.74, 6) is 0.939. The molecule has 0 radical (unpaired) electrons. The molecule has 0 bridgehead atoms. The number of rotatable bonds is 6. The molecule has 0 saturated carbocycles. The van der Waals surface area contributed by atoms with E-state index >= 15 is 0 Å². The van der Waals surface area contributed by atoms with Crippen molar-refractivity contribution in [2.24, 2.45) is 5.10 Å². The molecule has 2 heterocycles. The van der Waals surface area contributed by atoms with Crippen molar-refractivity contribution in [3.8, 4) is 5.75 Å². The second kappa shape index (κ2) is 7.68. The van der Waals surface area contributed by atoms with Gasteiger partial charge in [0, 0.05) is 22.2 Å². The first-order valence-electron chi connectivity index (χ1n) is 9.30. The second-order valence-corrected chi connectivity index (χ2v) is 6.87. The maximum absolute atomic E-state index is 6.05. The molecule has 6 nitrogen and oxygen atoms in total. The molecule has 0 aliphatic carbocycles. The van der Waals surface area contributed by atoms with Crippen LogP contribution < -0.4 is 4.74 Å². The van der Waals surface area contributed by atoms with Crippen molar-refractivity contribution in [2.45, 2.75) is 27.3 Å². The fourth-order valence-corrected chi connectivity index (χ4v) is 3.50. The predicted octanol–water partition coefficient (Wildman–Crippen LogP) is 4.12. The van der Waals surface area contributed by atoms with Crippen LogP contribution in [-0.2, 0) is 6.54 Å². The van der Waals surface area contributed by atoms with E-state index in [1.807, 2.05) is 18.3 Å². The van der Waals surface area contributed by atoms with Gasteiger partial charge in [-0.25, -0.2) is 4.68 Å². The first-order valence-corrected chi connectivity index (χ1v) is 9.30. The van der Waals surface area contributed by atoms with E-state index in [9.17, 15) is 0 Å². The van der Waals surface area contributed by atoms with Gasteiger partial charge in [-0.2, -0.15) is 5.10 Å². The zero-order valence-corrected chi connectivity index (χ0v) is 16.3. The third-order valence-electron chi connectivity index (χ3n) is 4.91. The van der Waals surface area contributed by atoms with Gasteiger partial charge in [0.15, 0.2) is 0 Å². The monoisotopic (exact) mass is 373 g/mol. The van der Waals surface area contributed by atoms with Crippen molar-refractivity contribution >= 4 is 17.1 Å². The van der Waals surface area contributed by atoms with Crippen LogP contribution in [0, 0.1) is 20.8 Å². The number of hydrogen-bond donors (Lipinski definition) is 0. The van der Waals surface area contributed by atoms with Crippen LogP contribution >= 0.6 is 0 Å². The molecule has 4 aromatic rings. The smallest absolute Gasteiger partial charge is 0.141 e. The van der Waals surface area contributed by atoms with Crippen molar-refractivity contribution in [1.29, 1.82) is 0 Å². The molecule has 142 valence electrons. The maximum atomic E-state index is 6.05. The zero-order valence-electron chi connectivity index (χ0n) is 16.3. The highest BCUT2D eigenvalue weighted by Gasteiger charge is 2.12. The number of aromatic nitrogens is 4. The Bertz CT molecular complexity index is 1130. The van der Waals surface area contributed by atoms with Gasteiger partial charge in [-0.1, -0.05) is 35.9 Å². The van der Waals surface area contributed by atoms with E-state index in [1.165, 1.54) is 16.5 Å². The molecule has 2 aromatic carbocycles. The molecular formula is C22H23N5O. The predicted molar refractivity (Wildman–Crippen MR) is 111 cm³/mol. The Labute approximate surface area is 164 Å². The molecule has 2 aromatic heterocycles. The summed E-state index contributed by atoms with van der Waals surface area (Å²) in [6.45, 7) is 7.66. The average molecular weight is 373 g/mol. The van der Waals surface area contributed by atoms with Crippen LogP contribution in [-0.4, -0.2) is 32.3 Å². The average Bonchev–Trinajstić information content (AvgIpc) is 3.29. The Hall–Kier alpha value is -3.41. The summed E-state index contributed by atoms with van der Waals surface area (Å²) in [6, 6.07) is 14.6. The summed E-state index contributed by atoms with van der Waals surface area (Å²) >= 11 is 0. The number of fused-ring (bicyclic) bond motifs is 1. The van der Waals surface area contributed by atoms with Gasteiger partial charge in [0.25, 0.3) is 0 Å². The van der Waals surface area contributed by atoms with Crippen molar-refractivity contribution in [3.05, 3.63) is 77.5 Å². The van der Waals surface area contributed by atoms with Gasteiger partial charge >= 0.3 is 0 Å². The lowest BCUT2D eigenvalue weighted by Gasteiger charge is -2.12. The van der Waals surface area contributed by atoms with Gasteiger partial charge in [0.1, 0.15) is 25.0 Å². The molecule has 6 heteroatoms. The summed E-state index contributed by atoms with van der Waals surface area (Å²) in [4.78, 5) is 0. The Morgan fingerprint density at radius 1 is 1.04 bits per heavy atom. The highest BCUT2D eigenvalue weighted by Crippen LogP contribution is 2.25. The van der Waals surface area contributed by atoms with E-state index < -0.39 is 0 Å². The summed E-state index contributed by atoms with van der Waals surface area (Å²) in [6.07, 6.45) is 5.01. The normalized spacial score (nSPS) is 11.5. The van der Waals surface area contributed by atoms with Gasteiger partial charge < -0.3 is 9.30 Å². The molecule has 0 aliphatic heterocycles. The summed E-state index contributed by atoms with van der Waals surface area (Å²) in [5, 5.41) is 13.2. The van der Waals surface area contributed by atoms with E-state index in [-0.39, 0.29) is 0 Å². The summed E-state index contributed by atoms with van der Waals surface area (Å²) < 4.78 is 9.93. The third-order valence-corrected chi connectivity index (χ3v) is 4.91. The largest absolute Gasteiger partial charge is 0.491 e. The third kappa shape index (κ3) is 3.53. The van der Waals surface area contributed by atoms with Crippen molar-refractivity contribution < 1.29 is 4.74 Å². The van der Waals surface area contributed by atoms with Crippen LogP contribution in [0.4, 0.5) is 0 Å². The molecule has 0 unspecified atom stereocenters. The minimum absolute atomic E-state index is 0.603. The number of ether oxygens (including phenoxy) is 1. The van der Waals surface area contributed by atoms with E-state index in [2.05, 4.69) is 71.0 Å². The fraction of sp³-hybridized carbons (Fsp3) is 0.227. The Kier molecular flexibility index (Phi) is 4.93. The van der Waals surface area contributed by atoms with Crippen molar-refractivity contribution in [3.63, 3.8) is 0 Å². The van der Waals surface area contributed by atoms with Gasteiger partial charge in [0.05, 0.1) is 12.8 Å². The van der Waals surface area contributed by atoms with Gasteiger partial charge in [-0.05, 0) is 38.5 Å². The molecule has 28 heavy (non-hydrogen) atoms. The van der Waals surface area contributed by atoms with E-state index in [0.29, 0.717) is 6.61 Å². The van der Waals surface area contributed by atoms with Crippen LogP contribution in [0.2, 0.25) is 0 Å². The number of nitrogens with zero attached hydrogens (tertiary/aromatic N) is 5. The minimum Gasteiger partial charge on any atom is -0.491 e. The quantitative estimate of drug-likeness (QED) is 0.478. The Balaban J connectivity index is 1.59. The van der Waals surface area contributed by atoms with Gasteiger partial charge in [-0.3, -0.25) is 0 Å². The number of para-hydroxylation sites is 1. The van der Waals surface area contributed by atoms with Crippen LogP contribution in [0.1, 0.15) is 22.4 Å². The summed E-state index contributed by atoms with van der Waals surface area (Å²) in [7, 11) is 0. The first-order chi connectivity index (χ1) is 13.6. The lowest BCUT2D eigenvalue weighted by molar-refractivity contribution is 0.297. The maximum Gasteiger partial charge on any atom is 0.141 e. The number of hydrogen-bond acceptors (Lipinski definition) is 4. The van der Waals surface area contributed by atoms with Crippen LogP contribution in [0.5, 0.6) is 5.75 Å². The Morgan fingerprint density at radius 2 is 1.82 bits per heavy atom. The van der Waals surface area contributed by atoms with Crippen molar-refractivity contribution in [1.82, 2.24) is 19.4 Å². The Morgan fingerprint density at radius 3 is 2.61 bits per heavy atom. The molecule has 0 N–H and O–H groups in total. The second-order valence-electron chi connectivity index (χ2n) is 6.87. The fourth-order valence-electron chi connectivity index (χ4n) is 3.50. The van der Waals surface area contributed by atoms with E-state index in [4.69, 9.17) is 4.74 Å². The lowest BCUT2D eigenvalue weighted by atomic mass is 10.1. The lowest BCUT2D eigenvalue weighted by Crippen LogP contribution is -2.10. The number of benzene rings is 2. The van der Waals surface area contributed by atoms with E-state index in [1.54, 1.807) is 17.3 Å². The zero-order chi connectivity index (χ0) is 19.5. The van der Waals surface area contributed by atoms with Gasteiger partial charge in [0.2, 0.25) is 0 Å². The van der Waals surface area contributed by atoms with Gasteiger partial charge in [-0.15, -0.1) is 10.2 Å². The summed E-state index contributed by atoms with van der Waals surface area (Å²) in [5.41, 5.74) is 5.83. The molecule has 0 aliphatic rings. The first kappa shape index (κ1) is 18.0. The topological polar surface area (TPSA) is 57.2 Å². The molecule has 0 fully saturated rings. The highest BCUT2D eigenvalue weighted by molar-refractivity contribution is 6.01. The molecule has 0 atom stereocenters. The minimum atomic E-state index is 0.603. The van der Waals surface area contributed by atoms with Crippen LogP contribution in [0.15, 0.2) is 60.2 Å². The van der Waals surface area contributed by atoms with Crippen LogP contribution in [0.3, 0.4) is 0 Å². The molecular weight excluding hydrogens is 350 g/mol. The van der Waals surface area contributed by atoms with Crippen LogP contribution in [0.25, 0.3) is 10.9 Å². The molecule has 4 rings (SSSR count). The molecule has 0 spiro atoms. The number of aryl methyl sites for hydroxylation is 2. The molecule has 0 saturated heterocycles. The highest BCUT2D eigenvalue weighted by atomic mass is 16.5. The van der Waals surface area contributed by atoms with Crippen molar-refractivity contribution in [2.75, 3.05) is 6.61 Å². The molecule has 0 amide bonds. The standard InChI is InChI=1S/C22H23N5O/c1-16-8-9-22(17(2)12-16)28-11-10-27-18(3)20(13-25-26-14-23-24-15-26)19-6-4-5-7-21(19)27/h4-9,12-15H,10-11H2,1-3H3. The van der Waals surface area contributed by atoms with E-state index in [0.717, 1.165) is 29.1 Å².